The molecule has 16 heavy (non-hydrogen) atoms. The molecular formula is C10H20N4O2. The zero-order valence-electron chi connectivity index (χ0n) is 10.1. The van der Waals surface area contributed by atoms with Gasteiger partial charge in [-0.05, 0) is 24.8 Å². The third-order valence-corrected chi connectivity index (χ3v) is 1.94. The van der Waals surface area contributed by atoms with Gasteiger partial charge in [-0.15, -0.1) is 0 Å². The lowest BCUT2D eigenvalue weighted by Gasteiger charge is -2.18. The standard InChI is InChI=1S/C10H20N4O2/c1-4-16-10(15)9(7-8(2)3)12-5-6-13-14-11/h8-9,12H,4-7H2,1-3H3. The fourth-order valence-corrected chi connectivity index (χ4v) is 1.31. The lowest BCUT2D eigenvalue weighted by atomic mass is 10.0. The van der Waals surface area contributed by atoms with Gasteiger partial charge >= 0.3 is 5.97 Å². The van der Waals surface area contributed by atoms with Gasteiger partial charge in [0.15, 0.2) is 0 Å². The zero-order valence-corrected chi connectivity index (χ0v) is 10.1. The fraction of sp³-hybridized carbons (Fsp3) is 0.900. The van der Waals surface area contributed by atoms with Gasteiger partial charge in [0.1, 0.15) is 6.04 Å². The first kappa shape index (κ1) is 14.7. The van der Waals surface area contributed by atoms with Crippen molar-refractivity contribution in [3.05, 3.63) is 10.4 Å². The van der Waals surface area contributed by atoms with E-state index in [0.717, 1.165) is 6.42 Å². The molecule has 0 fully saturated rings. The Morgan fingerprint density at radius 3 is 2.75 bits per heavy atom. The van der Waals surface area contributed by atoms with Crippen molar-refractivity contribution in [2.75, 3.05) is 19.7 Å². The molecule has 0 aliphatic heterocycles. The fourth-order valence-electron chi connectivity index (χ4n) is 1.31. The van der Waals surface area contributed by atoms with Crippen LogP contribution in [-0.4, -0.2) is 31.7 Å². The summed E-state index contributed by atoms with van der Waals surface area (Å²) in [6.45, 7) is 7.07. The van der Waals surface area contributed by atoms with Crippen LogP contribution in [0.2, 0.25) is 0 Å². The maximum absolute atomic E-state index is 11.6. The van der Waals surface area contributed by atoms with Gasteiger partial charge < -0.3 is 10.1 Å². The summed E-state index contributed by atoms with van der Waals surface area (Å²) in [4.78, 5) is 14.2. The van der Waals surface area contributed by atoms with Crippen LogP contribution in [0.3, 0.4) is 0 Å². The van der Waals surface area contributed by atoms with Crippen LogP contribution in [0.4, 0.5) is 0 Å². The number of ether oxygens (including phenoxy) is 1. The van der Waals surface area contributed by atoms with Crippen LogP contribution in [0, 0.1) is 5.92 Å². The Kier molecular flexibility index (Phi) is 8.29. The van der Waals surface area contributed by atoms with Crippen molar-refractivity contribution >= 4 is 5.97 Å². The van der Waals surface area contributed by atoms with E-state index in [9.17, 15) is 4.79 Å². The van der Waals surface area contributed by atoms with Crippen molar-refractivity contribution in [3.63, 3.8) is 0 Å². The molecule has 1 unspecified atom stereocenters. The normalized spacial score (nSPS) is 12.0. The maximum atomic E-state index is 11.6. The highest BCUT2D eigenvalue weighted by molar-refractivity contribution is 5.75. The summed E-state index contributed by atoms with van der Waals surface area (Å²) in [5, 5.41) is 6.43. The summed E-state index contributed by atoms with van der Waals surface area (Å²) >= 11 is 0. The quantitative estimate of drug-likeness (QED) is 0.226. The maximum Gasteiger partial charge on any atom is 0.323 e. The van der Waals surface area contributed by atoms with E-state index in [0.29, 0.717) is 25.6 Å². The highest BCUT2D eigenvalue weighted by Gasteiger charge is 2.19. The Balaban J connectivity index is 4.08. The highest BCUT2D eigenvalue weighted by atomic mass is 16.5. The molecule has 0 aromatic rings. The molecule has 0 spiro atoms. The van der Waals surface area contributed by atoms with Crippen LogP contribution in [0.1, 0.15) is 27.2 Å². The molecule has 92 valence electrons. The summed E-state index contributed by atoms with van der Waals surface area (Å²) in [7, 11) is 0. The van der Waals surface area contributed by atoms with E-state index in [1.807, 2.05) is 13.8 Å². The second kappa shape index (κ2) is 9.00. The van der Waals surface area contributed by atoms with Crippen LogP contribution >= 0.6 is 0 Å². The van der Waals surface area contributed by atoms with Crippen LogP contribution in [0.15, 0.2) is 5.11 Å². The Labute approximate surface area is 96.0 Å². The molecule has 1 atom stereocenters. The summed E-state index contributed by atoms with van der Waals surface area (Å²) in [5.41, 5.74) is 8.11. The first-order chi connectivity index (χ1) is 7.61. The van der Waals surface area contributed by atoms with E-state index in [2.05, 4.69) is 15.3 Å². The SMILES string of the molecule is CCOC(=O)C(CC(C)C)NCCN=[N+]=[N-]. The van der Waals surface area contributed by atoms with E-state index >= 15 is 0 Å². The van der Waals surface area contributed by atoms with E-state index in [-0.39, 0.29) is 12.0 Å². The van der Waals surface area contributed by atoms with Crippen molar-refractivity contribution in [2.24, 2.45) is 11.0 Å². The number of rotatable bonds is 8. The first-order valence-electron chi connectivity index (χ1n) is 5.52. The van der Waals surface area contributed by atoms with Gasteiger partial charge in [-0.2, -0.15) is 0 Å². The summed E-state index contributed by atoms with van der Waals surface area (Å²) in [6.07, 6.45) is 0.717. The number of esters is 1. The molecule has 0 aliphatic carbocycles. The van der Waals surface area contributed by atoms with Gasteiger partial charge in [0.2, 0.25) is 0 Å². The lowest BCUT2D eigenvalue weighted by molar-refractivity contribution is -0.146. The van der Waals surface area contributed by atoms with Gasteiger partial charge in [-0.25, -0.2) is 0 Å². The Bertz CT molecular complexity index is 249. The number of carbonyl (C=O) groups is 1. The number of azide groups is 1. The van der Waals surface area contributed by atoms with E-state index in [4.69, 9.17) is 10.3 Å². The van der Waals surface area contributed by atoms with Gasteiger partial charge in [0.25, 0.3) is 0 Å². The predicted molar refractivity (Wildman–Crippen MR) is 61.9 cm³/mol. The van der Waals surface area contributed by atoms with Crippen molar-refractivity contribution < 1.29 is 9.53 Å². The third-order valence-electron chi connectivity index (χ3n) is 1.94. The molecule has 0 saturated carbocycles. The largest absolute Gasteiger partial charge is 0.465 e. The first-order valence-corrected chi connectivity index (χ1v) is 5.52. The number of nitrogens with zero attached hydrogens (tertiary/aromatic N) is 3. The molecule has 0 bridgehead atoms. The monoisotopic (exact) mass is 228 g/mol. The molecule has 6 heteroatoms. The summed E-state index contributed by atoms with van der Waals surface area (Å²) in [5.74, 6) is 0.165. The second-order valence-electron chi connectivity index (χ2n) is 3.84. The van der Waals surface area contributed by atoms with Crippen LogP contribution < -0.4 is 5.32 Å². The Morgan fingerprint density at radius 2 is 2.25 bits per heavy atom. The minimum Gasteiger partial charge on any atom is -0.465 e. The Morgan fingerprint density at radius 1 is 1.56 bits per heavy atom. The summed E-state index contributed by atoms with van der Waals surface area (Å²) < 4.78 is 4.96. The highest BCUT2D eigenvalue weighted by Crippen LogP contribution is 2.06. The van der Waals surface area contributed by atoms with E-state index in [1.165, 1.54) is 0 Å². The van der Waals surface area contributed by atoms with Gasteiger partial charge in [-0.3, -0.25) is 4.79 Å². The van der Waals surface area contributed by atoms with Crippen molar-refractivity contribution in [3.8, 4) is 0 Å². The molecule has 0 aromatic carbocycles. The minimum atomic E-state index is -0.311. The second-order valence-corrected chi connectivity index (χ2v) is 3.84. The molecule has 0 aromatic heterocycles. The molecule has 0 amide bonds. The topological polar surface area (TPSA) is 87.1 Å². The van der Waals surface area contributed by atoms with Crippen molar-refractivity contribution in [2.45, 2.75) is 33.2 Å². The Hall–Kier alpha value is -1.26. The number of hydrogen-bond acceptors (Lipinski definition) is 4. The van der Waals surface area contributed by atoms with Crippen LogP contribution in [-0.2, 0) is 9.53 Å². The molecule has 0 rings (SSSR count). The number of carbonyl (C=O) groups excluding carboxylic acids is 1. The van der Waals surface area contributed by atoms with Crippen molar-refractivity contribution in [1.29, 1.82) is 0 Å². The molecule has 1 N–H and O–H groups in total. The molecule has 0 radical (unpaired) electrons. The smallest absolute Gasteiger partial charge is 0.323 e. The molecule has 0 aliphatic rings. The predicted octanol–water partition coefficient (Wildman–Crippen LogP) is 1.86. The molecule has 6 nitrogen and oxygen atoms in total. The molecule has 0 saturated heterocycles. The van der Waals surface area contributed by atoms with Crippen LogP contribution in [0.5, 0.6) is 0 Å². The van der Waals surface area contributed by atoms with E-state index in [1.54, 1.807) is 6.92 Å². The lowest BCUT2D eigenvalue weighted by Crippen LogP contribution is -2.40. The average molecular weight is 228 g/mol. The number of hydrogen-bond donors (Lipinski definition) is 1. The molecule has 0 heterocycles. The van der Waals surface area contributed by atoms with Gasteiger partial charge in [0.05, 0.1) is 6.61 Å². The number of nitrogens with one attached hydrogen (secondary N) is 1. The summed E-state index contributed by atoms with van der Waals surface area (Å²) in [6, 6.07) is -0.311. The zero-order chi connectivity index (χ0) is 12.4. The van der Waals surface area contributed by atoms with Crippen LogP contribution in [0.25, 0.3) is 10.4 Å². The van der Waals surface area contributed by atoms with Gasteiger partial charge in [-0.1, -0.05) is 19.0 Å². The minimum absolute atomic E-state index is 0.239. The van der Waals surface area contributed by atoms with Gasteiger partial charge in [0, 0.05) is 18.0 Å². The average Bonchev–Trinajstić information content (AvgIpc) is 2.22. The van der Waals surface area contributed by atoms with Crippen molar-refractivity contribution in [1.82, 2.24) is 5.32 Å². The molecular weight excluding hydrogens is 208 g/mol. The van der Waals surface area contributed by atoms with E-state index < -0.39 is 0 Å². The third kappa shape index (κ3) is 7.09.